The molecule has 0 bridgehead atoms. The summed E-state index contributed by atoms with van der Waals surface area (Å²) >= 11 is 2.68. The number of hydrogen-bond donors (Lipinski definition) is 1. The van der Waals surface area contributed by atoms with Crippen LogP contribution in [-0.2, 0) is 0 Å². The number of amides is 1. The topological polar surface area (TPSA) is 67.8 Å². The Balaban J connectivity index is 1.92. The molecule has 0 saturated heterocycles. The molecule has 3 rings (SSSR count). The van der Waals surface area contributed by atoms with Gasteiger partial charge in [-0.1, -0.05) is 35.1 Å². The van der Waals surface area contributed by atoms with Crippen molar-refractivity contribution in [2.75, 3.05) is 5.32 Å². The lowest BCUT2D eigenvalue weighted by Gasteiger charge is -2.02. The van der Waals surface area contributed by atoms with Crippen LogP contribution in [0.3, 0.4) is 0 Å². The molecule has 0 fully saturated rings. The van der Waals surface area contributed by atoms with E-state index in [4.69, 9.17) is 0 Å². The molecule has 0 aliphatic rings. The van der Waals surface area contributed by atoms with Crippen LogP contribution >= 0.6 is 22.7 Å². The number of aryl methyl sites for hydroxylation is 3. The van der Waals surface area contributed by atoms with Crippen molar-refractivity contribution in [1.82, 2.24) is 15.2 Å². The molecule has 2 aromatic heterocycles. The van der Waals surface area contributed by atoms with Gasteiger partial charge in [0.25, 0.3) is 5.91 Å². The molecule has 0 radical (unpaired) electrons. The van der Waals surface area contributed by atoms with Crippen molar-refractivity contribution < 1.29 is 4.79 Å². The maximum absolute atomic E-state index is 12.3. The number of aromatic nitrogens is 3. The molecule has 0 aliphatic heterocycles. The maximum Gasteiger partial charge on any atom is 0.269 e. The highest BCUT2D eigenvalue weighted by atomic mass is 32.1. The zero-order valence-electron chi connectivity index (χ0n) is 12.4. The minimum Gasteiger partial charge on any atom is -0.296 e. The van der Waals surface area contributed by atoms with Crippen LogP contribution in [0.1, 0.15) is 26.5 Å². The minimum absolute atomic E-state index is 0.192. The number of carbonyl (C=O) groups excluding carboxylic acids is 1. The van der Waals surface area contributed by atoms with Gasteiger partial charge in [0.15, 0.2) is 0 Å². The van der Waals surface area contributed by atoms with Crippen molar-refractivity contribution in [2.45, 2.75) is 20.8 Å². The standard InChI is InChI=1S/C15H14N4OS2/c1-8-4-5-11(9(2)6-8)14-17-10(3)12(22-14)13(20)18-15-19-16-7-21-15/h4-7H,1-3H3,(H,18,19,20). The van der Waals surface area contributed by atoms with Crippen molar-refractivity contribution in [3.8, 4) is 10.6 Å². The molecule has 0 spiro atoms. The van der Waals surface area contributed by atoms with Gasteiger partial charge in [0.2, 0.25) is 5.13 Å². The lowest BCUT2D eigenvalue weighted by Crippen LogP contribution is -2.11. The summed E-state index contributed by atoms with van der Waals surface area (Å²) in [7, 11) is 0. The van der Waals surface area contributed by atoms with E-state index in [2.05, 4.69) is 52.5 Å². The van der Waals surface area contributed by atoms with Gasteiger partial charge >= 0.3 is 0 Å². The number of rotatable bonds is 3. The summed E-state index contributed by atoms with van der Waals surface area (Å²) in [5.74, 6) is -0.192. The maximum atomic E-state index is 12.3. The predicted molar refractivity (Wildman–Crippen MR) is 89.6 cm³/mol. The Morgan fingerprint density at radius 3 is 2.73 bits per heavy atom. The number of thiazole rings is 1. The second-order valence-electron chi connectivity index (χ2n) is 4.95. The highest BCUT2D eigenvalue weighted by Gasteiger charge is 2.18. The molecule has 3 aromatic rings. The third kappa shape index (κ3) is 2.90. The summed E-state index contributed by atoms with van der Waals surface area (Å²) in [6.45, 7) is 5.96. The number of nitrogens with one attached hydrogen (secondary N) is 1. The van der Waals surface area contributed by atoms with Crippen molar-refractivity contribution in [1.29, 1.82) is 0 Å². The lowest BCUT2D eigenvalue weighted by molar-refractivity contribution is 0.102. The molecule has 22 heavy (non-hydrogen) atoms. The molecule has 112 valence electrons. The molecular formula is C15H14N4OS2. The van der Waals surface area contributed by atoms with Crippen LogP contribution in [-0.4, -0.2) is 21.1 Å². The largest absolute Gasteiger partial charge is 0.296 e. The fourth-order valence-electron chi connectivity index (χ4n) is 2.16. The van der Waals surface area contributed by atoms with Crippen LogP contribution in [0.15, 0.2) is 23.7 Å². The summed E-state index contributed by atoms with van der Waals surface area (Å²) in [5.41, 5.74) is 5.74. The highest BCUT2D eigenvalue weighted by molar-refractivity contribution is 7.17. The number of benzene rings is 1. The second kappa shape index (κ2) is 5.94. The quantitative estimate of drug-likeness (QED) is 0.792. The fraction of sp³-hybridized carbons (Fsp3) is 0.200. The molecule has 0 saturated carbocycles. The van der Waals surface area contributed by atoms with E-state index >= 15 is 0 Å². The monoisotopic (exact) mass is 330 g/mol. The van der Waals surface area contributed by atoms with E-state index in [0.717, 1.165) is 21.8 Å². The Bertz CT molecular complexity index is 824. The van der Waals surface area contributed by atoms with E-state index in [1.54, 1.807) is 5.51 Å². The van der Waals surface area contributed by atoms with Gasteiger partial charge in [-0.2, -0.15) is 0 Å². The van der Waals surface area contributed by atoms with Crippen LogP contribution in [0.5, 0.6) is 0 Å². The van der Waals surface area contributed by atoms with Crippen LogP contribution in [0.4, 0.5) is 5.13 Å². The molecular weight excluding hydrogens is 316 g/mol. The Hall–Kier alpha value is -2.12. The van der Waals surface area contributed by atoms with E-state index in [0.29, 0.717) is 10.0 Å². The van der Waals surface area contributed by atoms with Crippen molar-refractivity contribution in [2.24, 2.45) is 0 Å². The van der Waals surface area contributed by atoms with Crippen LogP contribution < -0.4 is 5.32 Å². The average Bonchev–Trinajstić information content (AvgIpc) is 3.08. The van der Waals surface area contributed by atoms with E-state index in [9.17, 15) is 4.79 Å². The molecule has 1 aromatic carbocycles. The Morgan fingerprint density at radius 2 is 2.05 bits per heavy atom. The van der Waals surface area contributed by atoms with Crippen LogP contribution in [0, 0.1) is 20.8 Å². The third-order valence-electron chi connectivity index (χ3n) is 3.20. The summed E-state index contributed by atoms with van der Waals surface area (Å²) in [4.78, 5) is 17.5. The first kappa shape index (κ1) is 14.8. The van der Waals surface area contributed by atoms with E-state index < -0.39 is 0 Å². The number of anilines is 1. The van der Waals surface area contributed by atoms with Gasteiger partial charge in [-0.05, 0) is 26.3 Å². The molecule has 2 heterocycles. The second-order valence-corrected chi connectivity index (χ2v) is 6.78. The van der Waals surface area contributed by atoms with E-state index in [1.165, 1.54) is 28.2 Å². The van der Waals surface area contributed by atoms with E-state index in [-0.39, 0.29) is 5.91 Å². The Morgan fingerprint density at radius 1 is 1.23 bits per heavy atom. The number of nitrogens with zero attached hydrogens (tertiary/aromatic N) is 3. The predicted octanol–water partition coefficient (Wildman–Crippen LogP) is 3.84. The number of carbonyl (C=O) groups is 1. The van der Waals surface area contributed by atoms with Gasteiger partial charge in [-0.3, -0.25) is 10.1 Å². The molecule has 0 unspecified atom stereocenters. The molecule has 1 N–H and O–H groups in total. The molecule has 5 nitrogen and oxygen atoms in total. The molecule has 7 heteroatoms. The summed E-state index contributed by atoms with van der Waals surface area (Å²) in [6.07, 6.45) is 0. The third-order valence-corrected chi connectivity index (χ3v) is 4.99. The van der Waals surface area contributed by atoms with Crippen molar-refractivity contribution in [3.63, 3.8) is 0 Å². The van der Waals surface area contributed by atoms with E-state index in [1.807, 2.05) is 6.92 Å². The van der Waals surface area contributed by atoms with Gasteiger partial charge < -0.3 is 0 Å². The van der Waals surface area contributed by atoms with Crippen LogP contribution in [0.2, 0.25) is 0 Å². The van der Waals surface area contributed by atoms with Gasteiger partial charge in [0.05, 0.1) is 5.69 Å². The summed E-state index contributed by atoms with van der Waals surface area (Å²) in [6, 6.07) is 6.22. The minimum atomic E-state index is -0.192. The SMILES string of the molecule is Cc1ccc(-c2nc(C)c(C(=O)Nc3nncs3)s2)c(C)c1. The Kier molecular flexibility index (Phi) is 4.00. The molecule has 0 atom stereocenters. The molecule has 1 amide bonds. The van der Waals surface area contributed by atoms with Gasteiger partial charge in [0.1, 0.15) is 15.4 Å². The van der Waals surface area contributed by atoms with Gasteiger partial charge in [-0.15, -0.1) is 21.5 Å². The zero-order chi connectivity index (χ0) is 15.7. The lowest BCUT2D eigenvalue weighted by atomic mass is 10.1. The van der Waals surface area contributed by atoms with Gasteiger partial charge in [-0.25, -0.2) is 4.98 Å². The number of hydrogen-bond acceptors (Lipinski definition) is 6. The zero-order valence-corrected chi connectivity index (χ0v) is 14.0. The van der Waals surface area contributed by atoms with Crippen molar-refractivity contribution >= 4 is 33.7 Å². The molecule has 0 aliphatic carbocycles. The first-order chi connectivity index (χ1) is 10.5. The normalized spacial score (nSPS) is 10.7. The first-order valence-corrected chi connectivity index (χ1v) is 8.37. The van der Waals surface area contributed by atoms with Crippen LogP contribution in [0.25, 0.3) is 10.6 Å². The van der Waals surface area contributed by atoms with Gasteiger partial charge in [0, 0.05) is 5.56 Å². The summed E-state index contributed by atoms with van der Waals surface area (Å²) in [5, 5.41) is 11.6. The first-order valence-electron chi connectivity index (χ1n) is 6.67. The smallest absolute Gasteiger partial charge is 0.269 e. The fourth-order valence-corrected chi connectivity index (χ4v) is 3.65. The highest BCUT2D eigenvalue weighted by Crippen LogP contribution is 2.31. The average molecular weight is 330 g/mol. The van der Waals surface area contributed by atoms with Crippen molar-refractivity contribution in [3.05, 3.63) is 45.4 Å². The Labute approximate surface area is 136 Å². The summed E-state index contributed by atoms with van der Waals surface area (Å²) < 4.78 is 0.